The van der Waals surface area contributed by atoms with Gasteiger partial charge in [0.15, 0.2) is 0 Å². The van der Waals surface area contributed by atoms with Gasteiger partial charge >= 0.3 is 18.1 Å². The summed E-state index contributed by atoms with van der Waals surface area (Å²) in [6.45, 7) is 1.40. The van der Waals surface area contributed by atoms with Crippen LogP contribution < -0.4 is 11.1 Å². The summed E-state index contributed by atoms with van der Waals surface area (Å²) in [7, 11) is 0. The molecule has 11 heteroatoms. The molecule has 0 aliphatic carbocycles. The Morgan fingerprint density at radius 2 is 1.74 bits per heavy atom. The van der Waals surface area contributed by atoms with Crippen LogP contribution in [-0.4, -0.2) is 51.9 Å². The molecule has 0 spiro atoms. The van der Waals surface area contributed by atoms with Crippen molar-refractivity contribution in [3.8, 4) is 0 Å². The number of hydrogen-bond acceptors (Lipinski definition) is 5. The Labute approximate surface area is 110 Å². The summed E-state index contributed by atoms with van der Waals surface area (Å²) < 4.78 is 31.7. The average molecular weight is 306 g/mol. The second kappa shape index (κ2) is 9.44. The smallest absolute Gasteiger partial charge is 0.480 e. The number of hydrogen-bond donors (Lipinski definition) is 4. The molecule has 0 aliphatic rings. The molecule has 1 amide bonds. The van der Waals surface area contributed by atoms with Crippen molar-refractivity contribution in [3.63, 3.8) is 0 Å². The number of alkyl halides is 3. The minimum absolute atomic E-state index is 0.133. The molecule has 0 aromatic heterocycles. The standard InChI is InChI=1S/C6H12N2O3S.C2HF3O2/c1-4(9)8-3-12-2-5(7)6(10)11;3-2(4,5)1(6)7/h5H,2-3,7H2,1H3,(H,8,9)(H,10,11);(H,6,7)/t5-;/m0./s1. The Kier molecular flexibility index (Phi) is 9.86. The summed E-state index contributed by atoms with van der Waals surface area (Å²) in [4.78, 5) is 29.4. The minimum Gasteiger partial charge on any atom is -0.480 e. The molecule has 1 atom stereocenters. The van der Waals surface area contributed by atoms with E-state index < -0.39 is 24.2 Å². The number of carboxylic acids is 2. The summed E-state index contributed by atoms with van der Waals surface area (Å²) in [5, 5.41) is 18.0. The van der Waals surface area contributed by atoms with Crippen molar-refractivity contribution < 1.29 is 37.8 Å². The molecule has 5 N–H and O–H groups in total. The predicted octanol–water partition coefficient (Wildman–Crippen LogP) is -0.142. The maximum absolute atomic E-state index is 10.6. The molecule has 0 saturated carbocycles. The van der Waals surface area contributed by atoms with Crippen molar-refractivity contribution in [2.24, 2.45) is 5.73 Å². The van der Waals surface area contributed by atoms with Gasteiger partial charge in [-0.3, -0.25) is 9.59 Å². The van der Waals surface area contributed by atoms with Crippen molar-refractivity contribution in [1.29, 1.82) is 0 Å². The maximum atomic E-state index is 10.6. The van der Waals surface area contributed by atoms with Crippen LogP contribution in [0.25, 0.3) is 0 Å². The van der Waals surface area contributed by atoms with Crippen molar-refractivity contribution >= 4 is 29.6 Å². The van der Waals surface area contributed by atoms with Crippen LogP contribution in [0.3, 0.4) is 0 Å². The number of nitrogens with one attached hydrogen (secondary N) is 1. The van der Waals surface area contributed by atoms with Crippen molar-refractivity contribution in [2.75, 3.05) is 11.6 Å². The lowest BCUT2D eigenvalue weighted by molar-refractivity contribution is -0.192. The fourth-order valence-electron chi connectivity index (χ4n) is 0.410. The molecular weight excluding hydrogens is 293 g/mol. The van der Waals surface area contributed by atoms with E-state index in [4.69, 9.17) is 20.7 Å². The van der Waals surface area contributed by atoms with Gasteiger partial charge in [0.2, 0.25) is 5.91 Å². The van der Waals surface area contributed by atoms with E-state index in [0.717, 1.165) is 0 Å². The number of amides is 1. The third-order valence-electron chi connectivity index (χ3n) is 1.28. The SMILES string of the molecule is CC(=O)NCSC[C@H](N)C(=O)O.O=C(O)C(F)(F)F. The second-order valence-electron chi connectivity index (χ2n) is 3.00. The maximum Gasteiger partial charge on any atom is 0.490 e. The summed E-state index contributed by atoms with van der Waals surface area (Å²) in [5.41, 5.74) is 5.20. The zero-order chi connectivity index (χ0) is 15.6. The summed E-state index contributed by atoms with van der Waals surface area (Å²) in [6.07, 6.45) is -5.08. The van der Waals surface area contributed by atoms with Gasteiger partial charge in [0.05, 0.1) is 5.88 Å². The molecule has 112 valence electrons. The number of aliphatic carboxylic acids is 2. The molecule has 7 nitrogen and oxygen atoms in total. The Balaban J connectivity index is 0. The van der Waals surface area contributed by atoms with Crippen LogP contribution in [0.5, 0.6) is 0 Å². The summed E-state index contributed by atoms with van der Waals surface area (Å²) >= 11 is 1.28. The van der Waals surface area contributed by atoms with Crippen LogP contribution in [0.1, 0.15) is 6.92 Å². The first-order chi connectivity index (χ1) is 8.48. The van der Waals surface area contributed by atoms with Gasteiger partial charge in [-0.15, -0.1) is 11.8 Å². The minimum atomic E-state index is -5.08. The van der Waals surface area contributed by atoms with Crippen LogP contribution >= 0.6 is 11.8 Å². The van der Waals surface area contributed by atoms with E-state index >= 15 is 0 Å². The summed E-state index contributed by atoms with van der Waals surface area (Å²) in [6, 6.07) is -0.858. The lowest BCUT2D eigenvalue weighted by atomic mass is 10.4. The van der Waals surface area contributed by atoms with E-state index in [-0.39, 0.29) is 5.91 Å². The normalized spacial score (nSPS) is 11.8. The van der Waals surface area contributed by atoms with Gasteiger partial charge in [-0.2, -0.15) is 13.2 Å². The summed E-state index contributed by atoms with van der Waals surface area (Å²) in [5.74, 6) is -3.21. The highest BCUT2D eigenvalue weighted by atomic mass is 32.2. The number of thioether (sulfide) groups is 1. The number of carbonyl (C=O) groups is 3. The molecule has 0 aromatic carbocycles. The number of halogens is 3. The zero-order valence-electron chi connectivity index (χ0n) is 9.73. The van der Waals surface area contributed by atoms with E-state index in [9.17, 15) is 22.8 Å². The number of carboxylic acid groups (broad SMARTS) is 2. The molecule has 0 heterocycles. The average Bonchev–Trinajstić information content (AvgIpc) is 2.23. The van der Waals surface area contributed by atoms with Gasteiger partial charge in [0, 0.05) is 12.7 Å². The van der Waals surface area contributed by atoms with Crippen LogP contribution in [0.2, 0.25) is 0 Å². The monoisotopic (exact) mass is 306 g/mol. The fourth-order valence-corrected chi connectivity index (χ4v) is 1.23. The molecule has 0 radical (unpaired) electrons. The Bertz CT molecular complexity index is 324. The van der Waals surface area contributed by atoms with Crippen LogP contribution in [0.4, 0.5) is 13.2 Å². The third kappa shape index (κ3) is 14.4. The van der Waals surface area contributed by atoms with Gasteiger partial charge in [0.25, 0.3) is 0 Å². The van der Waals surface area contributed by atoms with Crippen molar-refractivity contribution in [3.05, 3.63) is 0 Å². The van der Waals surface area contributed by atoms with Crippen LogP contribution in [-0.2, 0) is 14.4 Å². The lowest BCUT2D eigenvalue weighted by Gasteiger charge is -2.05. The highest BCUT2D eigenvalue weighted by Gasteiger charge is 2.38. The Morgan fingerprint density at radius 1 is 1.32 bits per heavy atom. The van der Waals surface area contributed by atoms with Gasteiger partial charge < -0.3 is 21.3 Å². The van der Waals surface area contributed by atoms with Gasteiger partial charge in [-0.1, -0.05) is 0 Å². The second-order valence-corrected chi connectivity index (χ2v) is 4.03. The first kappa shape index (κ1) is 19.8. The molecule has 0 fully saturated rings. The molecule has 0 saturated heterocycles. The molecule has 0 aliphatic heterocycles. The third-order valence-corrected chi connectivity index (χ3v) is 2.22. The number of nitrogens with two attached hydrogens (primary N) is 1. The van der Waals surface area contributed by atoms with E-state index in [1.54, 1.807) is 0 Å². The van der Waals surface area contributed by atoms with Gasteiger partial charge in [-0.05, 0) is 0 Å². The largest absolute Gasteiger partial charge is 0.490 e. The Hall–Kier alpha value is -1.49. The molecule has 0 aromatic rings. The fraction of sp³-hybridized carbons (Fsp3) is 0.625. The van der Waals surface area contributed by atoms with E-state index in [1.807, 2.05) is 0 Å². The van der Waals surface area contributed by atoms with Crippen LogP contribution in [0.15, 0.2) is 0 Å². The first-order valence-electron chi connectivity index (χ1n) is 4.59. The Morgan fingerprint density at radius 3 is 2.00 bits per heavy atom. The number of rotatable bonds is 5. The molecule has 0 bridgehead atoms. The molecule has 0 rings (SSSR count). The van der Waals surface area contributed by atoms with Gasteiger partial charge in [-0.25, -0.2) is 4.79 Å². The molecular formula is C8H13F3N2O5S. The topological polar surface area (TPSA) is 130 Å². The lowest BCUT2D eigenvalue weighted by Crippen LogP contribution is -2.33. The highest BCUT2D eigenvalue weighted by molar-refractivity contribution is 7.99. The number of carbonyl (C=O) groups excluding carboxylic acids is 1. The highest BCUT2D eigenvalue weighted by Crippen LogP contribution is 2.13. The van der Waals surface area contributed by atoms with E-state index in [2.05, 4.69) is 5.32 Å². The van der Waals surface area contributed by atoms with Crippen molar-refractivity contribution in [1.82, 2.24) is 5.32 Å². The first-order valence-corrected chi connectivity index (χ1v) is 5.74. The zero-order valence-corrected chi connectivity index (χ0v) is 10.5. The van der Waals surface area contributed by atoms with Crippen molar-refractivity contribution in [2.45, 2.75) is 19.1 Å². The predicted molar refractivity (Wildman–Crippen MR) is 60.4 cm³/mol. The quantitative estimate of drug-likeness (QED) is 0.411. The molecule has 0 unspecified atom stereocenters. The van der Waals surface area contributed by atoms with E-state index in [0.29, 0.717) is 11.6 Å². The molecule has 19 heavy (non-hydrogen) atoms. The van der Waals surface area contributed by atoms with Gasteiger partial charge in [0.1, 0.15) is 6.04 Å². The van der Waals surface area contributed by atoms with E-state index in [1.165, 1.54) is 18.7 Å². The van der Waals surface area contributed by atoms with Crippen LogP contribution in [0, 0.1) is 0 Å².